The summed E-state index contributed by atoms with van der Waals surface area (Å²) in [6, 6.07) is 8.07. The van der Waals surface area contributed by atoms with Crippen molar-refractivity contribution in [2.75, 3.05) is 6.61 Å². The van der Waals surface area contributed by atoms with Gasteiger partial charge in [-0.2, -0.15) is 0 Å². The number of hydrogen-bond donors (Lipinski definition) is 3. The molecule has 120 valence electrons. The normalized spacial score (nSPS) is 14.0. The molecule has 4 heteroatoms. The number of benzene rings is 1. The molecule has 0 aliphatic heterocycles. The number of amides is 1. The fraction of sp³-hybridized carbons (Fsp3) is 0.500. The highest BCUT2D eigenvalue weighted by atomic mass is 16.3. The number of nitrogens with one attached hydrogen (secondary N) is 2. The molecule has 0 aliphatic carbocycles. The molecular formula is C18H26N2O2. The number of para-hydroxylation sites is 1. The smallest absolute Gasteiger partial charge is 0.220 e. The van der Waals surface area contributed by atoms with Gasteiger partial charge in [-0.15, -0.1) is 0 Å². The van der Waals surface area contributed by atoms with Crippen LogP contribution in [0.2, 0.25) is 0 Å². The van der Waals surface area contributed by atoms with Crippen LogP contribution in [0.25, 0.3) is 10.9 Å². The second-order valence-electron chi connectivity index (χ2n) is 5.96. The second-order valence-corrected chi connectivity index (χ2v) is 5.96. The molecule has 0 saturated carbocycles. The fourth-order valence-corrected chi connectivity index (χ4v) is 2.71. The van der Waals surface area contributed by atoms with E-state index in [0.29, 0.717) is 12.3 Å². The quantitative estimate of drug-likeness (QED) is 0.702. The fourth-order valence-electron chi connectivity index (χ4n) is 2.71. The van der Waals surface area contributed by atoms with Gasteiger partial charge in [0.15, 0.2) is 0 Å². The zero-order valence-corrected chi connectivity index (χ0v) is 13.4. The molecule has 3 N–H and O–H groups in total. The number of hydrogen-bond acceptors (Lipinski definition) is 2. The van der Waals surface area contributed by atoms with Crippen LogP contribution in [-0.4, -0.2) is 28.6 Å². The van der Waals surface area contributed by atoms with Gasteiger partial charge in [-0.05, 0) is 30.4 Å². The van der Waals surface area contributed by atoms with E-state index < -0.39 is 0 Å². The highest BCUT2D eigenvalue weighted by Crippen LogP contribution is 2.19. The number of rotatable bonds is 8. The minimum Gasteiger partial charge on any atom is -0.394 e. The Balaban J connectivity index is 1.82. The molecule has 0 fully saturated rings. The van der Waals surface area contributed by atoms with Crippen molar-refractivity contribution in [3.05, 3.63) is 36.0 Å². The molecule has 1 amide bonds. The van der Waals surface area contributed by atoms with Crippen molar-refractivity contribution in [1.29, 1.82) is 0 Å². The molecule has 0 unspecified atom stereocenters. The van der Waals surface area contributed by atoms with Gasteiger partial charge in [0.2, 0.25) is 5.91 Å². The average Bonchev–Trinajstić information content (AvgIpc) is 2.95. The van der Waals surface area contributed by atoms with E-state index in [1.807, 2.05) is 25.3 Å². The molecular weight excluding hydrogens is 276 g/mol. The summed E-state index contributed by atoms with van der Waals surface area (Å²) < 4.78 is 0. The van der Waals surface area contributed by atoms with Crippen LogP contribution < -0.4 is 5.32 Å². The summed E-state index contributed by atoms with van der Waals surface area (Å²) in [6.07, 6.45) is 5.16. The molecule has 2 atom stereocenters. The van der Waals surface area contributed by atoms with E-state index >= 15 is 0 Å². The van der Waals surface area contributed by atoms with Crippen LogP contribution in [-0.2, 0) is 11.2 Å². The standard InChI is InChI=1S/C18H26N2O2/c1-3-13(2)17(12-21)20-18(22)10-6-7-14-11-19-16-9-5-4-8-15(14)16/h4-5,8-9,11,13,17,19,21H,3,6-7,10,12H2,1-2H3,(H,20,22)/t13-,17+/m1/s1. The average molecular weight is 302 g/mol. The molecule has 0 saturated heterocycles. The molecule has 22 heavy (non-hydrogen) atoms. The Hall–Kier alpha value is -1.81. The zero-order valence-electron chi connectivity index (χ0n) is 13.4. The summed E-state index contributed by atoms with van der Waals surface area (Å²) in [7, 11) is 0. The van der Waals surface area contributed by atoms with E-state index in [4.69, 9.17) is 0 Å². The van der Waals surface area contributed by atoms with Gasteiger partial charge in [0.25, 0.3) is 0 Å². The largest absolute Gasteiger partial charge is 0.394 e. The first-order chi connectivity index (χ1) is 10.7. The van der Waals surface area contributed by atoms with E-state index in [9.17, 15) is 9.90 Å². The third-order valence-corrected chi connectivity index (χ3v) is 4.40. The van der Waals surface area contributed by atoms with Gasteiger partial charge in [0.05, 0.1) is 12.6 Å². The SMILES string of the molecule is CC[C@@H](C)[C@H](CO)NC(=O)CCCc1c[nH]c2ccccc12. The number of aliphatic hydroxyl groups is 1. The van der Waals surface area contributed by atoms with Crippen molar-refractivity contribution >= 4 is 16.8 Å². The minimum absolute atomic E-state index is 0.00317. The van der Waals surface area contributed by atoms with Crippen molar-refractivity contribution in [1.82, 2.24) is 10.3 Å². The molecule has 1 aromatic heterocycles. The molecule has 4 nitrogen and oxygen atoms in total. The molecule has 2 rings (SSSR count). The summed E-state index contributed by atoms with van der Waals surface area (Å²) in [5.41, 5.74) is 2.39. The highest BCUT2D eigenvalue weighted by Gasteiger charge is 2.17. The third kappa shape index (κ3) is 4.10. The van der Waals surface area contributed by atoms with Gasteiger partial charge in [-0.25, -0.2) is 0 Å². The number of aromatic nitrogens is 1. The van der Waals surface area contributed by atoms with Gasteiger partial charge in [-0.3, -0.25) is 4.79 Å². The van der Waals surface area contributed by atoms with Crippen LogP contribution in [0.5, 0.6) is 0 Å². The minimum atomic E-state index is -0.134. The Bertz CT molecular complexity index is 606. The van der Waals surface area contributed by atoms with E-state index in [2.05, 4.69) is 29.4 Å². The Morgan fingerprint density at radius 2 is 2.14 bits per heavy atom. The van der Waals surface area contributed by atoms with Gasteiger partial charge >= 0.3 is 0 Å². The number of aryl methyl sites for hydroxylation is 1. The number of fused-ring (bicyclic) bond motifs is 1. The molecule has 1 aromatic carbocycles. The number of aromatic amines is 1. The Labute approximate surface area is 131 Å². The van der Waals surface area contributed by atoms with Crippen LogP contribution in [0.1, 0.15) is 38.7 Å². The summed E-state index contributed by atoms with van der Waals surface area (Å²) in [5, 5.41) is 13.5. The Kier molecular flexibility index (Phi) is 6.01. The van der Waals surface area contributed by atoms with E-state index in [1.165, 1.54) is 10.9 Å². The first-order valence-corrected chi connectivity index (χ1v) is 8.11. The lowest BCUT2D eigenvalue weighted by atomic mass is 9.99. The molecule has 0 spiro atoms. The molecule has 0 bridgehead atoms. The van der Waals surface area contributed by atoms with Crippen LogP contribution >= 0.6 is 0 Å². The van der Waals surface area contributed by atoms with Crippen LogP contribution in [0, 0.1) is 5.92 Å². The summed E-state index contributed by atoms with van der Waals surface area (Å²) in [5.74, 6) is 0.321. The Morgan fingerprint density at radius 1 is 1.36 bits per heavy atom. The maximum absolute atomic E-state index is 12.0. The maximum Gasteiger partial charge on any atom is 0.220 e. The topological polar surface area (TPSA) is 65.1 Å². The lowest BCUT2D eigenvalue weighted by Gasteiger charge is -2.22. The van der Waals surface area contributed by atoms with E-state index in [1.54, 1.807) is 0 Å². The summed E-state index contributed by atoms with van der Waals surface area (Å²) in [4.78, 5) is 15.3. The first kappa shape index (κ1) is 16.6. The van der Waals surface area contributed by atoms with Gasteiger partial charge in [0, 0.05) is 23.5 Å². The summed E-state index contributed by atoms with van der Waals surface area (Å²) in [6.45, 7) is 4.12. The van der Waals surface area contributed by atoms with Crippen LogP contribution in [0.15, 0.2) is 30.5 Å². The van der Waals surface area contributed by atoms with Crippen molar-refractivity contribution in [2.24, 2.45) is 5.92 Å². The van der Waals surface area contributed by atoms with Crippen LogP contribution in [0.4, 0.5) is 0 Å². The molecule has 1 heterocycles. The highest BCUT2D eigenvalue weighted by molar-refractivity contribution is 5.83. The van der Waals surface area contributed by atoms with Gasteiger partial charge < -0.3 is 15.4 Å². The predicted octanol–water partition coefficient (Wildman–Crippen LogP) is 3.01. The second kappa shape index (κ2) is 7.99. The first-order valence-electron chi connectivity index (χ1n) is 8.11. The van der Waals surface area contributed by atoms with Crippen molar-refractivity contribution in [3.8, 4) is 0 Å². The number of carbonyl (C=O) groups excluding carboxylic acids is 1. The number of aliphatic hydroxyl groups excluding tert-OH is 1. The summed E-state index contributed by atoms with van der Waals surface area (Å²) >= 11 is 0. The van der Waals surface area contributed by atoms with Gasteiger partial charge in [0.1, 0.15) is 0 Å². The van der Waals surface area contributed by atoms with Crippen molar-refractivity contribution in [2.45, 2.75) is 45.6 Å². The lowest BCUT2D eigenvalue weighted by Crippen LogP contribution is -2.41. The monoisotopic (exact) mass is 302 g/mol. The van der Waals surface area contributed by atoms with E-state index in [0.717, 1.165) is 24.8 Å². The van der Waals surface area contributed by atoms with Crippen LogP contribution in [0.3, 0.4) is 0 Å². The van der Waals surface area contributed by atoms with E-state index in [-0.39, 0.29) is 18.6 Å². The predicted molar refractivity (Wildman–Crippen MR) is 89.7 cm³/mol. The van der Waals surface area contributed by atoms with Gasteiger partial charge in [-0.1, -0.05) is 38.5 Å². The number of carbonyl (C=O) groups is 1. The lowest BCUT2D eigenvalue weighted by molar-refractivity contribution is -0.122. The maximum atomic E-state index is 12.0. The number of H-pyrrole nitrogens is 1. The zero-order chi connectivity index (χ0) is 15.9. The molecule has 0 aliphatic rings. The molecule has 2 aromatic rings. The van der Waals surface area contributed by atoms with Crippen molar-refractivity contribution in [3.63, 3.8) is 0 Å². The molecule has 0 radical (unpaired) electrons. The Morgan fingerprint density at radius 3 is 2.86 bits per heavy atom. The van der Waals surface area contributed by atoms with Crippen molar-refractivity contribution < 1.29 is 9.90 Å². The third-order valence-electron chi connectivity index (χ3n) is 4.40.